The quantitative estimate of drug-likeness (QED) is 0.548. The van der Waals surface area contributed by atoms with Gasteiger partial charge in [-0.3, -0.25) is 14.8 Å². The number of nitrogens with zero attached hydrogens (tertiary/aromatic N) is 5. The maximum absolute atomic E-state index is 12.9. The molecule has 0 unspecified atom stereocenters. The number of carbonyl (C=O) groups excluding carboxylic acids is 1. The summed E-state index contributed by atoms with van der Waals surface area (Å²) < 4.78 is 1.70. The molecule has 2 N–H and O–H groups in total. The number of piperazine rings is 1. The molecular weight excluding hydrogens is 378 g/mol. The minimum Gasteiger partial charge on any atom is -0.367 e. The average Bonchev–Trinajstić information content (AvgIpc) is 3.30. The minimum absolute atomic E-state index is 0.263. The zero-order valence-corrected chi connectivity index (χ0v) is 16.3. The van der Waals surface area contributed by atoms with Crippen molar-refractivity contribution in [2.24, 2.45) is 0 Å². The number of benzene rings is 1. The van der Waals surface area contributed by atoms with Crippen LogP contribution < -0.4 is 15.5 Å². The van der Waals surface area contributed by atoms with Gasteiger partial charge in [-0.25, -0.2) is 4.68 Å². The first-order valence-corrected chi connectivity index (χ1v) is 9.90. The van der Waals surface area contributed by atoms with Crippen molar-refractivity contribution in [2.45, 2.75) is 0 Å². The van der Waals surface area contributed by atoms with E-state index in [1.165, 1.54) is 0 Å². The van der Waals surface area contributed by atoms with E-state index in [-0.39, 0.29) is 5.91 Å². The van der Waals surface area contributed by atoms with Crippen molar-refractivity contribution in [1.29, 1.82) is 0 Å². The van der Waals surface area contributed by atoms with Gasteiger partial charge in [0.1, 0.15) is 0 Å². The molecule has 3 aromatic heterocycles. The van der Waals surface area contributed by atoms with E-state index in [0.29, 0.717) is 11.4 Å². The summed E-state index contributed by atoms with van der Waals surface area (Å²) in [5.74, 6) is -0.263. The molecule has 30 heavy (non-hydrogen) atoms. The lowest BCUT2D eigenvalue weighted by Gasteiger charge is -2.30. The molecule has 0 saturated carbocycles. The number of amides is 1. The van der Waals surface area contributed by atoms with Crippen LogP contribution in [0.2, 0.25) is 0 Å². The lowest BCUT2D eigenvalue weighted by Crippen LogP contribution is -2.43. The van der Waals surface area contributed by atoms with Gasteiger partial charge in [-0.1, -0.05) is 6.07 Å². The summed E-state index contributed by atoms with van der Waals surface area (Å²) >= 11 is 0. The molecule has 1 aromatic carbocycles. The van der Waals surface area contributed by atoms with Crippen molar-refractivity contribution in [2.75, 3.05) is 36.4 Å². The molecule has 8 heteroatoms. The second kappa shape index (κ2) is 7.92. The molecule has 1 aliphatic heterocycles. The standard InChI is InChI=1S/C22H21N7O/c30-22(26-20-15-24-8-5-21(20)28-12-9-23-10-13-28)19-6-11-29(27-19)17-3-4-18-16(14-17)2-1-7-25-18/h1-8,11,14-15,23H,9-10,12-13H2,(H,26,30). The molecule has 0 bridgehead atoms. The van der Waals surface area contributed by atoms with Crippen molar-refractivity contribution in [3.05, 3.63) is 72.9 Å². The van der Waals surface area contributed by atoms with Crippen LogP contribution in [0.15, 0.2) is 67.3 Å². The molecular formula is C22H21N7O. The lowest BCUT2D eigenvalue weighted by molar-refractivity contribution is 0.102. The highest BCUT2D eigenvalue weighted by Crippen LogP contribution is 2.25. The van der Waals surface area contributed by atoms with Crippen LogP contribution in [0, 0.1) is 0 Å². The van der Waals surface area contributed by atoms with E-state index in [0.717, 1.165) is 48.5 Å². The number of fused-ring (bicyclic) bond motifs is 1. The first-order chi connectivity index (χ1) is 14.8. The van der Waals surface area contributed by atoms with E-state index >= 15 is 0 Å². The maximum Gasteiger partial charge on any atom is 0.276 e. The van der Waals surface area contributed by atoms with Gasteiger partial charge in [0, 0.05) is 50.2 Å². The Morgan fingerprint density at radius 2 is 1.97 bits per heavy atom. The monoisotopic (exact) mass is 399 g/mol. The van der Waals surface area contributed by atoms with E-state index in [1.807, 2.05) is 36.4 Å². The Morgan fingerprint density at radius 1 is 1.07 bits per heavy atom. The van der Waals surface area contributed by atoms with Gasteiger partial charge in [0.2, 0.25) is 0 Å². The number of carbonyl (C=O) groups is 1. The number of aromatic nitrogens is 4. The van der Waals surface area contributed by atoms with Gasteiger partial charge in [0.05, 0.1) is 28.8 Å². The van der Waals surface area contributed by atoms with Crippen LogP contribution in [-0.2, 0) is 0 Å². The highest BCUT2D eigenvalue weighted by atomic mass is 16.2. The molecule has 1 fully saturated rings. The Balaban J connectivity index is 1.37. The zero-order chi connectivity index (χ0) is 20.3. The maximum atomic E-state index is 12.9. The van der Waals surface area contributed by atoms with Crippen LogP contribution in [0.25, 0.3) is 16.6 Å². The average molecular weight is 399 g/mol. The first kappa shape index (κ1) is 18.3. The molecule has 0 aliphatic carbocycles. The Bertz CT molecular complexity index is 1200. The lowest BCUT2D eigenvalue weighted by atomic mass is 10.2. The van der Waals surface area contributed by atoms with Crippen LogP contribution in [0.1, 0.15) is 10.5 Å². The fourth-order valence-corrected chi connectivity index (χ4v) is 3.65. The van der Waals surface area contributed by atoms with Crippen LogP contribution in [0.5, 0.6) is 0 Å². The van der Waals surface area contributed by atoms with Gasteiger partial charge < -0.3 is 15.5 Å². The van der Waals surface area contributed by atoms with E-state index in [4.69, 9.17) is 0 Å². The Labute approximate surface area is 173 Å². The molecule has 0 spiro atoms. The summed E-state index contributed by atoms with van der Waals surface area (Å²) in [5, 5.41) is 11.8. The Kier molecular flexibility index (Phi) is 4.82. The van der Waals surface area contributed by atoms with Crippen molar-refractivity contribution in [3.63, 3.8) is 0 Å². The Hall–Kier alpha value is -3.78. The smallest absolute Gasteiger partial charge is 0.276 e. The predicted octanol–water partition coefficient (Wildman–Crippen LogP) is 2.48. The number of anilines is 2. The highest BCUT2D eigenvalue weighted by molar-refractivity contribution is 6.04. The number of hydrogen-bond acceptors (Lipinski definition) is 6. The molecule has 4 heterocycles. The SMILES string of the molecule is O=C(Nc1cnccc1N1CCNCC1)c1ccn(-c2ccc3ncccc3c2)n1. The van der Waals surface area contributed by atoms with E-state index < -0.39 is 0 Å². The largest absolute Gasteiger partial charge is 0.367 e. The molecule has 4 aromatic rings. The fraction of sp³-hybridized carbons (Fsp3) is 0.182. The number of pyridine rings is 2. The van der Waals surface area contributed by atoms with Crippen LogP contribution in [-0.4, -0.2) is 51.8 Å². The topological polar surface area (TPSA) is 88.0 Å². The molecule has 5 rings (SSSR count). The second-order valence-electron chi connectivity index (χ2n) is 7.11. The van der Waals surface area contributed by atoms with Gasteiger partial charge >= 0.3 is 0 Å². The van der Waals surface area contributed by atoms with E-state index in [1.54, 1.807) is 35.5 Å². The third kappa shape index (κ3) is 3.60. The van der Waals surface area contributed by atoms with Crippen LogP contribution in [0.4, 0.5) is 11.4 Å². The Morgan fingerprint density at radius 3 is 2.87 bits per heavy atom. The molecule has 1 amide bonds. The minimum atomic E-state index is -0.263. The van der Waals surface area contributed by atoms with E-state index in [9.17, 15) is 4.79 Å². The summed E-state index contributed by atoms with van der Waals surface area (Å²) in [4.78, 5) is 23.6. The van der Waals surface area contributed by atoms with Crippen LogP contribution >= 0.6 is 0 Å². The van der Waals surface area contributed by atoms with Crippen molar-refractivity contribution in [1.82, 2.24) is 25.1 Å². The summed E-state index contributed by atoms with van der Waals surface area (Å²) in [6.45, 7) is 3.61. The fourth-order valence-electron chi connectivity index (χ4n) is 3.65. The van der Waals surface area contributed by atoms with Gasteiger partial charge in [-0.15, -0.1) is 0 Å². The summed E-state index contributed by atoms with van der Waals surface area (Å²) in [6, 6.07) is 13.4. The van der Waals surface area contributed by atoms with Gasteiger partial charge in [0.15, 0.2) is 5.69 Å². The number of nitrogens with one attached hydrogen (secondary N) is 2. The molecule has 0 atom stereocenters. The normalized spacial score (nSPS) is 14.1. The molecule has 1 saturated heterocycles. The van der Waals surface area contributed by atoms with Gasteiger partial charge in [0.25, 0.3) is 5.91 Å². The van der Waals surface area contributed by atoms with Crippen molar-refractivity contribution < 1.29 is 4.79 Å². The van der Waals surface area contributed by atoms with E-state index in [2.05, 4.69) is 30.6 Å². The van der Waals surface area contributed by atoms with Gasteiger partial charge in [-0.2, -0.15) is 5.10 Å². The number of rotatable bonds is 4. The molecule has 0 radical (unpaired) electrons. The zero-order valence-electron chi connectivity index (χ0n) is 16.3. The van der Waals surface area contributed by atoms with Crippen molar-refractivity contribution in [3.8, 4) is 5.69 Å². The predicted molar refractivity (Wildman–Crippen MR) is 116 cm³/mol. The first-order valence-electron chi connectivity index (χ1n) is 9.90. The van der Waals surface area contributed by atoms with Crippen molar-refractivity contribution >= 4 is 28.2 Å². The summed E-state index contributed by atoms with van der Waals surface area (Å²) in [5.41, 5.74) is 3.80. The summed E-state index contributed by atoms with van der Waals surface area (Å²) in [6.07, 6.45) is 6.98. The molecule has 8 nitrogen and oxygen atoms in total. The second-order valence-corrected chi connectivity index (χ2v) is 7.11. The molecule has 150 valence electrons. The molecule has 1 aliphatic rings. The number of hydrogen-bond donors (Lipinski definition) is 2. The summed E-state index contributed by atoms with van der Waals surface area (Å²) in [7, 11) is 0. The van der Waals surface area contributed by atoms with Crippen LogP contribution in [0.3, 0.4) is 0 Å². The highest BCUT2D eigenvalue weighted by Gasteiger charge is 2.17. The third-order valence-electron chi connectivity index (χ3n) is 5.18. The third-order valence-corrected chi connectivity index (χ3v) is 5.18. The van der Waals surface area contributed by atoms with Gasteiger partial charge in [-0.05, 0) is 36.4 Å².